The van der Waals surface area contributed by atoms with Crippen molar-refractivity contribution < 1.29 is 14.6 Å². The third-order valence-electron chi connectivity index (χ3n) is 1.66. The van der Waals surface area contributed by atoms with Gasteiger partial charge in [0.1, 0.15) is 12.2 Å². The minimum absolute atomic E-state index is 0.00926. The number of epoxide rings is 1. The van der Waals surface area contributed by atoms with Gasteiger partial charge in [-0.2, -0.15) is 0 Å². The number of ether oxygens (including phenoxy) is 2. The molecule has 2 aliphatic rings. The maximum atomic E-state index is 8.86. The molecule has 0 bridgehead atoms. The Morgan fingerprint density at radius 1 is 1.25 bits per heavy atom. The molecule has 8 heavy (non-hydrogen) atoms. The average molecular weight is 116 g/mol. The molecule has 0 aromatic heterocycles. The first kappa shape index (κ1) is 4.73. The Morgan fingerprint density at radius 3 is 2.12 bits per heavy atom. The summed E-state index contributed by atoms with van der Waals surface area (Å²) in [6.07, 6.45) is -0.389. The van der Waals surface area contributed by atoms with Crippen LogP contribution in [0, 0.1) is 0 Å². The fourth-order valence-electron chi connectivity index (χ4n) is 1.12. The van der Waals surface area contributed by atoms with Crippen molar-refractivity contribution in [3.8, 4) is 0 Å². The zero-order chi connectivity index (χ0) is 5.72. The second kappa shape index (κ2) is 1.23. The predicted octanol–water partition coefficient (Wildman–Crippen LogP) is -0.509. The summed E-state index contributed by atoms with van der Waals surface area (Å²) < 4.78 is 9.96. The van der Waals surface area contributed by atoms with Crippen LogP contribution in [0.3, 0.4) is 0 Å². The molecule has 0 radical (unpaired) electrons. The lowest BCUT2D eigenvalue weighted by Crippen LogP contribution is -2.16. The van der Waals surface area contributed by atoms with E-state index in [0.717, 1.165) is 0 Å². The zero-order valence-electron chi connectivity index (χ0n) is 4.57. The van der Waals surface area contributed by atoms with Gasteiger partial charge in [-0.3, -0.25) is 0 Å². The lowest BCUT2D eigenvalue weighted by molar-refractivity contribution is -0.134. The van der Waals surface area contributed by atoms with E-state index in [9.17, 15) is 0 Å². The third kappa shape index (κ3) is 0.438. The summed E-state index contributed by atoms with van der Waals surface area (Å²) in [5.41, 5.74) is 0. The second-order valence-electron chi connectivity index (χ2n) is 2.30. The van der Waals surface area contributed by atoms with Crippen LogP contribution in [0.2, 0.25) is 0 Å². The Kier molecular flexibility index (Phi) is 0.730. The van der Waals surface area contributed by atoms with Crippen LogP contribution in [0.15, 0.2) is 0 Å². The first-order valence-corrected chi connectivity index (χ1v) is 2.78. The van der Waals surface area contributed by atoms with Crippen molar-refractivity contribution in [3.05, 3.63) is 0 Å². The molecule has 1 unspecified atom stereocenters. The van der Waals surface area contributed by atoms with E-state index >= 15 is 0 Å². The molecule has 2 heterocycles. The smallest absolute Gasteiger partial charge is 0.184 e. The Hall–Kier alpha value is -0.120. The highest BCUT2D eigenvalue weighted by Gasteiger charge is 2.55. The number of fused-ring (bicyclic) bond motifs is 1. The van der Waals surface area contributed by atoms with Crippen molar-refractivity contribution in [2.75, 3.05) is 0 Å². The molecular weight excluding hydrogens is 108 g/mol. The van der Waals surface area contributed by atoms with Crippen molar-refractivity contribution in [1.82, 2.24) is 0 Å². The van der Waals surface area contributed by atoms with Gasteiger partial charge < -0.3 is 14.6 Å². The van der Waals surface area contributed by atoms with Gasteiger partial charge in [-0.05, 0) is 6.92 Å². The molecule has 46 valence electrons. The summed E-state index contributed by atoms with van der Waals surface area (Å²) >= 11 is 0. The second-order valence-corrected chi connectivity index (χ2v) is 2.30. The molecule has 0 aromatic rings. The molecule has 1 N–H and O–H groups in total. The molecule has 2 saturated heterocycles. The van der Waals surface area contributed by atoms with E-state index in [1.165, 1.54) is 0 Å². The molecule has 2 rings (SSSR count). The number of hydrogen-bond acceptors (Lipinski definition) is 3. The summed E-state index contributed by atoms with van der Waals surface area (Å²) in [5, 5.41) is 8.86. The molecule has 2 aliphatic heterocycles. The summed E-state index contributed by atoms with van der Waals surface area (Å²) in [7, 11) is 0. The molecule has 0 aliphatic carbocycles. The highest BCUT2D eigenvalue weighted by Crippen LogP contribution is 2.37. The van der Waals surface area contributed by atoms with Gasteiger partial charge in [-0.25, -0.2) is 0 Å². The van der Waals surface area contributed by atoms with E-state index in [-0.39, 0.29) is 18.3 Å². The third-order valence-corrected chi connectivity index (χ3v) is 1.66. The lowest BCUT2D eigenvalue weighted by atomic mass is 10.3. The standard InChI is InChI=1S/C5H8O3/c1-2-3-4(8-3)5(6)7-2/h2-6H,1H3/t2-,3+,4+,5?/m1/s1. The molecule has 4 atom stereocenters. The number of hydrogen-bond donors (Lipinski definition) is 1. The van der Waals surface area contributed by atoms with Crippen LogP contribution in [0.1, 0.15) is 6.92 Å². The van der Waals surface area contributed by atoms with Crippen LogP contribution in [0.4, 0.5) is 0 Å². The van der Waals surface area contributed by atoms with Crippen LogP contribution >= 0.6 is 0 Å². The van der Waals surface area contributed by atoms with Crippen LogP contribution in [-0.2, 0) is 9.47 Å². The monoisotopic (exact) mass is 116 g/mol. The van der Waals surface area contributed by atoms with Crippen LogP contribution in [0.25, 0.3) is 0 Å². The topological polar surface area (TPSA) is 42.0 Å². The normalized spacial score (nSPS) is 60.8. The number of aliphatic hydroxyl groups is 1. The lowest BCUT2D eigenvalue weighted by Gasteiger charge is -2.06. The Labute approximate surface area is 47.2 Å². The number of rotatable bonds is 0. The Morgan fingerprint density at radius 2 is 2.00 bits per heavy atom. The first-order valence-electron chi connectivity index (χ1n) is 2.78. The minimum Gasteiger partial charge on any atom is -0.366 e. The fourth-order valence-corrected chi connectivity index (χ4v) is 1.12. The van der Waals surface area contributed by atoms with E-state index < -0.39 is 6.29 Å². The van der Waals surface area contributed by atoms with Gasteiger partial charge in [-0.15, -0.1) is 0 Å². The van der Waals surface area contributed by atoms with Gasteiger partial charge in [0.25, 0.3) is 0 Å². The summed E-state index contributed by atoms with van der Waals surface area (Å²) in [6.45, 7) is 1.90. The molecule has 0 aromatic carbocycles. The van der Waals surface area contributed by atoms with E-state index in [1.54, 1.807) is 0 Å². The van der Waals surface area contributed by atoms with Gasteiger partial charge >= 0.3 is 0 Å². The van der Waals surface area contributed by atoms with E-state index in [1.807, 2.05) is 6.92 Å². The molecular formula is C5H8O3. The maximum absolute atomic E-state index is 8.86. The summed E-state index contributed by atoms with van der Waals surface area (Å²) in [6, 6.07) is 0. The molecule has 2 fully saturated rings. The van der Waals surface area contributed by atoms with Crippen LogP contribution < -0.4 is 0 Å². The van der Waals surface area contributed by atoms with E-state index in [2.05, 4.69) is 0 Å². The van der Waals surface area contributed by atoms with Crippen molar-refractivity contribution in [3.63, 3.8) is 0 Å². The first-order chi connectivity index (χ1) is 3.79. The summed E-state index contributed by atoms with van der Waals surface area (Å²) in [4.78, 5) is 0. The molecule has 3 heteroatoms. The van der Waals surface area contributed by atoms with Gasteiger partial charge in [0.05, 0.1) is 6.10 Å². The Bertz CT molecular complexity index is 98.2. The SMILES string of the molecule is C[C@H]1OC(O)[C@H]2O[C@H]21. The van der Waals surface area contributed by atoms with Crippen molar-refractivity contribution >= 4 is 0 Å². The van der Waals surface area contributed by atoms with Gasteiger partial charge in [0.2, 0.25) is 0 Å². The minimum atomic E-state index is -0.657. The highest BCUT2D eigenvalue weighted by atomic mass is 16.7. The maximum Gasteiger partial charge on any atom is 0.184 e. The Balaban J connectivity index is 2.09. The zero-order valence-corrected chi connectivity index (χ0v) is 4.57. The predicted molar refractivity (Wildman–Crippen MR) is 25.2 cm³/mol. The molecule has 3 nitrogen and oxygen atoms in total. The molecule has 0 saturated carbocycles. The van der Waals surface area contributed by atoms with E-state index in [4.69, 9.17) is 14.6 Å². The molecule has 0 spiro atoms. The van der Waals surface area contributed by atoms with Crippen molar-refractivity contribution in [1.29, 1.82) is 0 Å². The highest BCUT2D eigenvalue weighted by molar-refractivity contribution is 4.97. The molecule has 0 amide bonds. The van der Waals surface area contributed by atoms with E-state index in [0.29, 0.717) is 0 Å². The van der Waals surface area contributed by atoms with Crippen molar-refractivity contribution in [2.45, 2.75) is 31.5 Å². The van der Waals surface area contributed by atoms with Crippen molar-refractivity contribution in [2.24, 2.45) is 0 Å². The number of aliphatic hydroxyl groups excluding tert-OH is 1. The van der Waals surface area contributed by atoms with Gasteiger partial charge in [0.15, 0.2) is 6.29 Å². The summed E-state index contributed by atoms with van der Waals surface area (Å²) in [5.74, 6) is 0. The fraction of sp³-hybridized carbons (Fsp3) is 1.00. The van der Waals surface area contributed by atoms with Crippen LogP contribution in [0.5, 0.6) is 0 Å². The van der Waals surface area contributed by atoms with Gasteiger partial charge in [0, 0.05) is 0 Å². The quantitative estimate of drug-likeness (QED) is 0.433. The average Bonchev–Trinajstić information content (AvgIpc) is 2.35. The largest absolute Gasteiger partial charge is 0.366 e. The van der Waals surface area contributed by atoms with Crippen LogP contribution in [-0.4, -0.2) is 29.7 Å². The van der Waals surface area contributed by atoms with Gasteiger partial charge in [-0.1, -0.05) is 0 Å².